The maximum Gasteiger partial charge on any atom is 0.119 e. The van der Waals surface area contributed by atoms with Crippen LogP contribution in [0.25, 0.3) is 0 Å². The fraction of sp³-hybridized carbons (Fsp3) is 0.143. The lowest BCUT2D eigenvalue weighted by Gasteiger charge is -2.01. The molecule has 0 atom stereocenters. The Balaban J connectivity index is 3.04. The van der Waals surface area contributed by atoms with Gasteiger partial charge in [0.1, 0.15) is 13.6 Å². The summed E-state index contributed by atoms with van der Waals surface area (Å²) in [6.45, 7) is 0. The largest absolute Gasteiger partial charge is 0.497 e. The number of ether oxygens (including phenoxy) is 1. The normalized spacial score (nSPS) is 9.40. The van der Waals surface area contributed by atoms with E-state index in [1.54, 1.807) is 7.11 Å². The third kappa shape index (κ3) is 1.65. The predicted octanol–water partition coefficient (Wildman–Crippen LogP) is 1.09. The van der Waals surface area contributed by atoms with Crippen molar-refractivity contribution in [2.45, 2.75) is 0 Å². The summed E-state index contributed by atoms with van der Waals surface area (Å²) in [6, 6.07) is 5.58. The number of hydrogen-bond donors (Lipinski definition) is 0. The zero-order valence-electron chi connectivity index (χ0n) is 5.60. The zero-order valence-corrected chi connectivity index (χ0v) is 7.75. The second kappa shape index (κ2) is 3.28. The van der Waals surface area contributed by atoms with Crippen LogP contribution in [0.1, 0.15) is 0 Å². The van der Waals surface area contributed by atoms with Gasteiger partial charge in [-0.3, -0.25) is 0 Å². The maximum atomic E-state index is 5.58. The standard InChI is InChI=1S/C7H6BIO/c1-10-5-2-3-6(8)7(9)4-5/h2-4H,1H3. The predicted molar refractivity (Wildman–Crippen MR) is 51.1 cm³/mol. The Morgan fingerprint density at radius 3 is 2.70 bits per heavy atom. The van der Waals surface area contributed by atoms with E-state index in [2.05, 4.69) is 22.6 Å². The van der Waals surface area contributed by atoms with Gasteiger partial charge in [-0.05, 0) is 34.7 Å². The average Bonchev–Trinajstić information content (AvgIpc) is 1.95. The Morgan fingerprint density at radius 1 is 1.50 bits per heavy atom. The first-order chi connectivity index (χ1) is 4.74. The Hall–Kier alpha value is -0.185. The number of hydrogen-bond acceptors (Lipinski definition) is 1. The van der Waals surface area contributed by atoms with Crippen molar-refractivity contribution in [1.29, 1.82) is 0 Å². The maximum absolute atomic E-state index is 5.58. The Bertz CT molecular complexity index is 237. The molecule has 3 heteroatoms. The van der Waals surface area contributed by atoms with Crippen molar-refractivity contribution in [1.82, 2.24) is 0 Å². The molecule has 0 saturated heterocycles. The second-order valence-corrected chi connectivity index (χ2v) is 3.05. The molecule has 0 aromatic heterocycles. The van der Waals surface area contributed by atoms with Gasteiger partial charge in [0.15, 0.2) is 0 Å². The third-order valence-electron chi connectivity index (χ3n) is 1.21. The van der Waals surface area contributed by atoms with Gasteiger partial charge in [0.05, 0.1) is 7.11 Å². The topological polar surface area (TPSA) is 9.23 Å². The van der Waals surface area contributed by atoms with E-state index in [0.717, 1.165) is 14.8 Å². The minimum atomic E-state index is 0.793. The van der Waals surface area contributed by atoms with Gasteiger partial charge in [-0.2, -0.15) is 0 Å². The SMILES string of the molecule is [B]c1ccc(OC)cc1I. The molecule has 0 fully saturated rings. The van der Waals surface area contributed by atoms with Gasteiger partial charge >= 0.3 is 0 Å². The van der Waals surface area contributed by atoms with Crippen LogP contribution in [-0.4, -0.2) is 15.0 Å². The minimum Gasteiger partial charge on any atom is -0.497 e. The molecule has 0 saturated carbocycles. The van der Waals surface area contributed by atoms with Crippen LogP contribution in [0.5, 0.6) is 5.75 Å². The summed E-state index contributed by atoms with van der Waals surface area (Å²) >= 11 is 2.17. The Labute approximate surface area is 75.3 Å². The first-order valence-corrected chi connectivity index (χ1v) is 3.91. The van der Waals surface area contributed by atoms with E-state index in [1.807, 2.05) is 18.2 Å². The zero-order chi connectivity index (χ0) is 7.56. The average molecular weight is 244 g/mol. The highest BCUT2D eigenvalue weighted by Crippen LogP contribution is 2.11. The smallest absolute Gasteiger partial charge is 0.119 e. The van der Waals surface area contributed by atoms with E-state index < -0.39 is 0 Å². The summed E-state index contributed by atoms with van der Waals surface area (Å²) in [5.74, 6) is 0.846. The van der Waals surface area contributed by atoms with Crippen LogP contribution in [0.15, 0.2) is 18.2 Å². The first kappa shape index (κ1) is 7.92. The van der Waals surface area contributed by atoms with Gasteiger partial charge in [0.25, 0.3) is 0 Å². The summed E-state index contributed by atoms with van der Waals surface area (Å²) in [5.41, 5.74) is 0.793. The molecule has 1 aromatic rings. The van der Waals surface area contributed by atoms with Crippen molar-refractivity contribution in [3.8, 4) is 5.75 Å². The summed E-state index contributed by atoms with van der Waals surface area (Å²) in [5, 5.41) is 0. The van der Waals surface area contributed by atoms with Crippen LogP contribution >= 0.6 is 22.6 Å². The van der Waals surface area contributed by atoms with E-state index in [9.17, 15) is 0 Å². The van der Waals surface area contributed by atoms with Crippen LogP contribution in [0.2, 0.25) is 0 Å². The molecule has 1 aromatic carbocycles. The molecular formula is C7H6BIO. The van der Waals surface area contributed by atoms with E-state index in [0.29, 0.717) is 0 Å². The van der Waals surface area contributed by atoms with E-state index >= 15 is 0 Å². The van der Waals surface area contributed by atoms with Crippen LogP contribution in [0.4, 0.5) is 0 Å². The summed E-state index contributed by atoms with van der Waals surface area (Å²) in [4.78, 5) is 0. The van der Waals surface area contributed by atoms with Crippen LogP contribution in [0, 0.1) is 3.57 Å². The molecule has 0 N–H and O–H groups in total. The molecular weight excluding hydrogens is 238 g/mol. The fourth-order valence-corrected chi connectivity index (χ4v) is 1.12. The molecule has 0 aliphatic carbocycles. The van der Waals surface area contributed by atoms with Crippen LogP contribution in [0.3, 0.4) is 0 Å². The summed E-state index contributed by atoms with van der Waals surface area (Å²) < 4.78 is 6.01. The lowest BCUT2D eigenvalue weighted by Crippen LogP contribution is -2.05. The Kier molecular flexibility index (Phi) is 2.60. The highest BCUT2D eigenvalue weighted by molar-refractivity contribution is 14.1. The van der Waals surface area contributed by atoms with Crippen molar-refractivity contribution in [3.63, 3.8) is 0 Å². The number of halogens is 1. The monoisotopic (exact) mass is 244 g/mol. The number of rotatable bonds is 1. The van der Waals surface area contributed by atoms with Crippen LogP contribution in [-0.2, 0) is 0 Å². The molecule has 0 amide bonds. The molecule has 0 aliphatic heterocycles. The van der Waals surface area contributed by atoms with Crippen molar-refractivity contribution in [2.24, 2.45) is 0 Å². The van der Waals surface area contributed by atoms with Crippen molar-refractivity contribution in [3.05, 3.63) is 21.8 Å². The lowest BCUT2D eigenvalue weighted by molar-refractivity contribution is 0.414. The highest BCUT2D eigenvalue weighted by atomic mass is 127. The lowest BCUT2D eigenvalue weighted by atomic mass is 9.97. The molecule has 0 spiro atoms. The van der Waals surface area contributed by atoms with E-state index in [4.69, 9.17) is 12.6 Å². The first-order valence-electron chi connectivity index (χ1n) is 2.83. The third-order valence-corrected chi connectivity index (χ3v) is 2.14. The number of benzene rings is 1. The van der Waals surface area contributed by atoms with E-state index in [-0.39, 0.29) is 0 Å². The summed E-state index contributed by atoms with van der Waals surface area (Å²) in [7, 11) is 7.22. The fourth-order valence-electron chi connectivity index (χ4n) is 0.635. The molecule has 10 heavy (non-hydrogen) atoms. The molecule has 0 aliphatic rings. The second-order valence-electron chi connectivity index (χ2n) is 1.89. The minimum absolute atomic E-state index is 0.793. The van der Waals surface area contributed by atoms with Gasteiger partial charge < -0.3 is 4.74 Å². The molecule has 1 rings (SSSR count). The van der Waals surface area contributed by atoms with E-state index in [1.165, 1.54) is 0 Å². The molecule has 0 unspecified atom stereocenters. The highest BCUT2D eigenvalue weighted by Gasteiger charge is 1.94. The van der Waals surface area contributed by atoms with Gasteiger partial charge in [0, 0.05) is 3.57 Å². The van der Waals surface area contributed by atoms with Gasteiger partial charge in [0.2, 0.25) is 0 Å². The van der Waals surface area contributed by atoms with Crippen molar-refractivity contribution < 1.29 is 4.74 Å². The van der Waals surface area contributed by atoms with Crippen LogP contribution < -0.4 is 10.2 Å². The molecule has 0 bridgehead atoms. The number of methoxy groups -OCH3 is 1. The summed E-state index contributed by atoms with van der Waals surface area (Å²) in [6.07, 6.45) is 0. The molecule has 50 valence electrons. The van der Waals surface area contributed by atoms with Gasteiger partial charge in [-0.15, -0.1) is 0 Å². The van der Waals surface area contributed by atoms with Crippen molar-refractivity contribution >= 4 is 35.9 Å². The van der Waals surface area contributed by atoms with Gasteiger partial charge in [-0.1, -0.05) is 11.5 Å². The molecule has 1 nitrogen and oxygen atoms in total. The quantitative estimate of drug-likeness (QED) is 0.530. The molecule has 0 heterocycles. The Morgan fingerprint density at radius 2 is 2.20 bits per heavy atom. The molecule has 2 radical (unpaired) electrons. The van der Waals surface area contributed by atoms with Gasteiger partial charge in [-0.25, -0.2) is 0 Å². The van der Waals surface area contributed by atoms with Crippen molar-refractivity contribution in [2.75, 3.05) is 7.11 Å².